The zero-order valence-electron chi connectivity index (χ0n) is 12.0. The quantitative estimate of drug-likeness (QED) is 0.893. The number of rotatable bonds is 4. The zero-order chi connectivity index (χ0) is 14.5. The topological polar surface area (TPSA) is 54.0 Å². The summed E-state index contributed by atoms with van der Waals surface area (Å²) >= 11 is 0. The Labute approximate surface area is 119 Å². The monoisotopic (exact) mass is 269 g/mol. The number of nitrogens with one attached hydrogen (secondary N) is 2. The van der Waals surface area contributed by atoms with E-state index < -0.39 is 0 Å². The van der Waals surface area contributed by atoms with E-state index in [1.807, 2.05) is 25.1 Å². The minimum atomic E-state index is -0.151. The Morgan fingerprint density at radius 3 is 2.35 bits per heavy atom. The Bertz CT molecular complexity index is 574. The summed E-state index contributed by atoms with van der Waals surface area (Å²) in [5.41, 5.74) is 2.69. The number of hydrogen-bond donors (Lipinski definition) is 2. The van der Waals surface area contributed by atoms with Crippen molar-refractivity contribution in [1.82, 2.24) is 4.98 Å². The lowest BCUT2D eigenvalue weighted by Crippen LogP contribution is -2.13. The van der Waals surface area contributed by atoms with E-state index >= 15 is 0 Å². The molecule has 2 aromatic rings. The summed E-state index contributed by atoms with van der Waals surface area (Å²) in [7, 11) is 0. The highest BCUT2D eigenvalue weighted by Gasteiger charge is 2.06. The molecule has 0 atom stereocenters. The number of carbonyl (C=O) groups is 1. The van der Waals surface area contributed by atoms with E-state index in [1.165, 1.54) is 0 Å². The largest absolute Gasteiger partial charge is 0.382 e. The molecule has 0 bridgehead atoms. The molecule has 0 aliphatic rings. The normalized spacial score (nSPS) is 10.4. The number of hydrogen-bond acceptors (Lipinski definition) is 3. The summed E-state index contributed by atoms with van der Waals surface area (Å²) in [5.74, 6) is 0.395. The van der Waals surface area contributed by atoms with Gasteiger partial charge in [-0.2, -0.15) is 0 Å². The summed E-state index contributed by atoms with van der Waals surface area (Å²) in [5, 5.41) is 6.03. The highest BCUT2D eigenvalue weighted by Crippen LogP contribution is 2.12. The van der Waals surface area contributed by atoms with E-state index in [-0.39, 0.29) is 5.91 Å². The number of anilines is 2. The van der Waals surface area contributed by atoms with E-state index in [4.69, 9.17) is 0 Å². The maximum atomic E-state index is 12.0. The second-order valence-corrected chi connectivity index (χ2v) is 5.05. The maximum absolute atomic E-state index is 12.0. The molecule has 0 saturated heterocycles. The molecular weight excluding hydrogens is 250 g/mol. The molecule has 2 N–H and O–H groups in total. The molecule has 1 aromatic carbocycles. The standard InChI is InChI=1S/C16H19N3O/c1-11(2)18-14-8-9-15(17-10-14)19-16(20)13-6-4-12(3)5-7-13/h4-11,18H,1-3H3,(H,17,19,20). The molecular formula is C16H19N3O. The zero-order valence-corrected chi connectivity index (χ0v) is 12.0. The average molecular weight is 269 g/mol. The van der Waals surface area contributed by atoms with E-state index in [0.29, 0.717) is 17.4 Å². The van der Waals surface area contributed by atoms with Gasteiger partial charge in [-0.05, 0) is 45.0 Å². The van der Waals surface area contributed by atoms with Crippen molar-refractivity contribution in [1.29, 1.82) is 0 Å². The van der Waals surface area contributed by atoms with Crippen LogP contribution in [0.3, 0.4) is 0 Å². The first-order valence-corrected chi connectivity index (χ1v) is 6.65. The van der Waals surface area contributed by atoms with Gasteiger partial charge in [-0.3, -0.25) is 4.79 Å². The van der Waals surface area contributed by atoms with Gasteiger partial charge in [0.05, 0.1) is 11.9 Å². The summed E-state index contributed by atoms with van der Waals surface area (Å²) in [6, 6.07) is 11.5. The highest BCUT2D eigenvalue weighted by atomic mass is 16.1. The predicted molar refractivity (Wildman–Crippen MR) is 82.1 cm³/mol. The number of amides is 1. The van der Waals surface area contributed by atoms with Crippen molar-refractivity contribution < 1.29 is 4.79 Å². The van der Waals surface area contributed by atoms with Gasteiger partial charge in [0.2, 0.25) is 0 Å². The molecule has 20 heavy (non-hydrogen) atoms. The lowest BCUT2D eigenvalue weighted by atomic mass is 10.1. The van der Waals surface area contributed by atoms with Crippen molar-refractivity contribution >= 4 is 17.4 Å². The molecule has 1 amide bonds. The van der Waals surface area contributed by atoms with Gasteiger partial charge in [0.15, 0.2) is 0 Å². The van der Waals surface area contributed by atoms with Crippen LogP contribution in [0.4, 0.5) is 11.5 Å². The third-order valence-corrected chi connectivity index (χ3v) is 2.77. The Kier molecular flexibility index (Phi) is 4.35. The first-order valence-electron chi connectivity index (χ1n) is 6.65. The van der Waals surface area contributed by atoms with Crippen LogP contribution in [-0.4, -0.2) is 16.9 Å². The molecule has 0 unspecified atom stereocenters. The van der Waals surface area contributed by atoms with Crippen LogP contribution in [0.5, 0.6) is 0 Å². The van der Waals surface area contributed by atoms with Crippen LogP contribution >= 0.6 is 0 Å². The Balaban J connectivity index is 2.02. The third kappa shape index (κ3) is 3.82. The van der Waals surface area contributed by atoms with Gasteiger partial charge in [-0.1, -0.05) is 17.7 Å². The molecule has 104 valence electrons. The van der Waals surface area contributed by atoms with Gasteiger partial charge < -0.3 is 10.6 Å². The first-order chi connectivity index (χ1) is 9.54. The number of aryl methyl sites for hydroxylation is 1. The van der Waals surface area contributed by atoms with Crippen LogP contribution in [0.15, 0.2) is 42.6 Å². The van der Waals surface area contributed by atoms with Crippen LogP contribution < -0.4 is 10.6 Å². The van der Waals surface area contributed by atoms with Crippen LogP contribution in [0.2, 0.25) is 0 Å². The van der Waals surface area contributed by atoms with E-state index in [1.54, 1.807) is 24.4 Å². The SMILES string of the molecule is Cc1ccc(C(=O)Nc2ccc(NC(C)C)cn2)cc1. The van der Waals surface area contributed by atoms with E-state index in [0.717, 1.165) is 11.3 Å². The first kappa shape index (κ1) is 14.1. The van der Waals surface area contributed by atoms with Crippen molar-refractivity contribution in [3.63, 3.8) is 0 Å². The minimum Gasteiger partial charge on any atom is -0.382 e. The van der Waals surface area contributed by atoms with Crippen molar-refractivity contribution in [2.75, 3.05) is 10.6 Å². The smallest absolute Gasteiger partial charge is 0.256 e. The second-order valence-electron chi connectivity index (χ2n) is 5.05. The second kappa shape index (κ2) is 6.19. The lowest BCUT2D eigenvalue weighted by Gasteiger charge is -2.10. The molecule has 0 spiro atoms. The van der Waals surface area contributed by atoms with Crippen LogP contribution in [0, 0.1) is 6.92 Å². The minimum absolute atomic E-state index is 0.151. The van der Waals surface area contributed by atoms with Crippen molar-refractivity contribution in [3.8, 4) is 0 Å². The molecule has 0 radical (unpaired) electrons. The maximum Gasteiger partial charge on any atom is 0.256 e. The van der Waals surface area contributed by atoms with Gasteiger partial charge >= 0.3 is 0 Å². The fourth-order valence-corrected chi connectivity index (χ4v) is 1.78. The summed E-state index contributed by atoms with van der Waals surface area (Å²) < 4.78 is 0. The number of carbonyl (C=O) groups excluding carboxylic acids is 1. The molecule has 0 aliphatic carbocycles. The fraction of sp³-hybridized carbons (Fsp3) is 0.250. The van der Waals surface area contributed by atoms with Gasteiger partial charge in [0.25, 0.3) is 5.91 Å². The predicted octanol–water partition coefficient (Wildman–Crippen LogP) is 3.46. The molecule has 1 heterocycles. The number of nitrogens with zero attached hydrogens (tertiary/aromatic N) is 1. The number of aromatic nitrogens is 1. The number of pyridine rings is 1. The Hall–Kier alpha value is -2.36. The van der Waals surface area contributed by atoms with Crippen LogP contribution in [-0.2, 0) is 0 Å². The Morgan fingerprint density at radius 2 is 1.80 bits per heavy atom. The van der Waals surface area contributed by atoms with Gasteiger partial charge in [-0.15, -0.1) is 0 Å². The van der Waals surface area contributed by atoms with E-state index in [2.05, 4.69) is 29.5 Å². The van der Waals surface area contributed by atoms with Crippen LogP contribution in [0.1, 0.15) is 29.8 Å². The van der Waals surface area contributed by atoms with Crippen molar-refractivity contribution in [3.05, 3.63) is 53.7 Å². The highest BCUT2D eigenvalue weighted by molar-refractivity contribution is 6.03. The van der Waals surface area contributed by atoms with Gasteiger partial charge in [0.1, 0.15) is 5.82 Å². The molecule has 4 nitrogen and oxygen atoms in total. The summed E-state index contributed by atoms with van der Waals surface area (Å²) in [4.78, 5) is 16.2. The van der Waals surface area contributed by atoms with E-state index in [9.17, 15) is 4.79 Å². The van der Waals surface area contributed by atoms with Crippen molar-refractivity contribution in [2.24, 2.45) is 0 Å². The summed E-state index contributed by atoms with van der Waals surface area (Å²) in [6.07, 6.45) is 1.71. The summed E-state index contributed by atoms with van der Waals surface area (Å²) in [6.45, 7) is 6.11. The molecule has 1 aromatic heterocycles. The molecule has 0 fully saturated rings. The van der Waals surface area contributed by atoms with Gasteiger partial charge in [-0.25, -0.2) is 4.98 Å². The van der Waals surface area contributed by atoms with Gasteiger partial charge in [0, 0.05) is 11.6 Å². The molecule has 4 heteroatoms. The average Bonchev–Trinajstić information content (AvgIpc) is 2.41. The van der Waals surface area contributed by atoms with Crippen LogP contribution in [0.25, 0.3) is 0 Å². The number of benzene rings is 1. The molecule has 2 rings (SSSR count). The molecule has 0 aliphatic heterocycles. The fourth-order valence-electron chi connectivity index (χ4n) is 1.78. The third-order valence-electron chi connectivity index (χ3n) is 2.77. The Morgan fingerprint density at radius 1 is 1.10 bits per heavy atom. The molecule has 0 saturated carbocycles. The van der Waals surface area contributed by atoms with Crippen molar-refractivity contribution in [2.45, 2.75) is 26.8 Å². The lowest BCUT2D eigenvalue weighted by molar-refractivity contribution is 0.102.